The normalized spacial score (nSPS) is 16.8. The third-order valence-electron chi connectivity index (χ3n) is 4.81. The highest BCUT2D eigenvalue weighted by Crippen LogP contribution is 2.19. The lowest BCUT2D eigenvalue weighted by Gasteiger charge is -2.37. The molecule has 0 amide bonds. The van der Waals surface area contributed by atoms with E-state index in [2.05, 4.69) is 52.1 Å². The van der Waals surface area contributed by atoms with Crippen molar-refractivity contribution >= 4 is 11.9 Å². The summed E-state index contributed by atoms with van der Waals surface area (Å²) in [6, 6.07) is 10.8. The summed E-state index contributed by atoms with van der Waals surface area (Å²) in [5.74, 6) is 0.515. The van der Waals surface area contributed by atoms with Crippen molar-refractivity contribution < 1.29 is 0 Å². The molecule has 2 heterocycles. The lowest BCUT2D eigenvalue weighted by Crippen LogP contribution is -2.45. The summed E-state index contributed by atoms with van der Waals surface area (Å²) >= 11 is 0. The quantitative estimate of drug-likeness (QED) is 0.911. The predicted molar refractivity (Wildman–Crippen MR) is 103 cm³/mol. The number of rotatable bonds is 5. The zero-order valence-electron chi connectivity index (χ0n) is 15.0. The van der Waals surface area contributed by atoms with Gasteiger partial charge in [0.2, 0.25) is 0 Å². The van der Waals surface area contributed by atoms with E-state index in [1.807, 2.05) is 18.0 Å². The molecule has 0 saturated carbocycles. The number of H-pyrrole nitrogens is 1. The smallest absolute Gasteiger partial charge is 0.290 e. The summed E-state index contributed by atoms with van der Waals surface area (Å²) in [6.07, 6.45) is 7.56. The van der Waals surface area contributed by atoms with Gasteiger partial charge in [-0.05, 0) is 25.3 Å². The van der Waals surface area contributed by atoms with E-state index in [-0.39, 0.29) is 5.56 Å². The van der Waals surface area contributed by atoms with Crippen LogP contribution in [0.1, 0.15) is 25.3 Å². The highest BCUT2D eigenvalue weighted by Gasteiger charge is 2.24. The molecule has 2 aromatic rings. The van der Waals surface area contributed by atoms with Crippen LogP contribution in [0.3, 0.4) is 0 Å². The molecular weight excluding hydrogens is 312 g/mol. The monoisotopic (exact) mass is 338 g/mol. The minimum atomic E-state index is -0.117. The largest absolute Gasteiger partial charge is 0.352 e. The van der Waals surface area contributed by atoms with Crippen LogP contribution in [0.25, 0.3) is 6.08 Å². The zero-order valence-corrected chi connectivity index (χ0v) is 15.0. The molecule has 132 valence electrons. The predicted octanol–water partition coefficient (Wildman–Crippen LogP) is 2.77. The number of hydrogen-bond acceptors (Lipinski definition) is 4. The molecule has 1 fully saturated rings. The summed E-state index contributed by atoms with van der Waals surface area (Å²) in [5.41, 5.74) is 2.51. The molecule has 0 bridgehead atoms. The van der Waals surface area contributed by atoms with E-state index in [0.29, 0.717) is 11.9 Å². The van der Waals surface area contributed by atoms with E-state index in [9.17, 15) is 4.79 Å². The number of nitrogens with one attached hydrogen (secondary N) is 1. The number of likely N-dealkylation sites (tertiary alicyclic amines) is 1. The Kier molecular flexibility index (Phi) is 5.66. The van der Waals surface area contributed by atoms with Crippen molar-refractivity contribution in [1.29, 1.82) is 0 Å². The van der Waals surface area contributed by atoms with Crippen LogP contribution >= 0.6 is 0 Å². The minimum Gasteiger partial charge on any atom is -0.352 e. The Balaban J connectivity index is 1.54. The maximum atomic E-state index is 11.9. The summed E-state index contributed by atoms with van der Waals surface area (Å²) in [4.78, 5) is 23.4. The molecule has 0 aliphatic carbocycles. The highest BCUT2D eigenvalue weighted by atomic mass is 16.1. The van der Waals surface area contributed by atoms with Gasteiger partial charge in [0.05, 0.1) is 0 Å². The fourth-order valence-electron chi connectivity index (χ4n) is 3.47. The first-order valence-corrected chi connectivity index (χ1v) is 8.84. The van der Waals surface area contributed by atoms with Crippen molar-refractivity contribution in [2.45, 2.75) is 25.8 Å². The van der Waals surface area contributed by atoms with Crippen LogP contribution in [0.2, 0.25) is 0 Å². The molecule has 1 aromatic heterocycles. The topological polar surface area (TPSA) is 52.2 Å². The molecule has 1 aliphatic rings. The Bertz CT molecular complexity index is 761. The molecule has 0 unspecified atom stereocenters. The van der Waals surface area contributed by atoms with Gasteiger partial charge in [-0.15, -0.1) is 0 Å². The standard InChI is InChI=1S/C20H26N4O/c1-16(14-17-6-4-3-5-7-17)15-24-12-8-18(9-13-24)23(2)19-20(25)22-11-10-21-19/h3-7,10-11,14,18H,8-9,12-13,15H2,1-2H3,(H,22,25). The molecule has 0 radical (unpaired) electrons. The van der Waals surface area contributed by atoms with Gasteiger partial charge in [0.15, 0.2) is 5.82 Å². The number of aromatic nitrogens is 2. The van der Waals surface area contributed by atoms with Crippen LogP contribution in [0.4, 0.5) is 5.82 Å². The van der Waals surface area contributed by atoms with Gasteiger partial charge in [-0.1, -0.05) is 42.0 Å². The number of anilines is 1. The van der Waals surface area contributed by atoms with Gasteiger partial charge in [-0.2, -0.15) is 0 Å². The van der Waals surface area contributed by atoms with Crippen molar-refractivity contribution in [1.82, 2.24) is 14.9 Å². The van der Waals surface area contributed by atoms with E-state index >= 15 is 0 Å². The second kappa shape index (κ2) is 8.12. The van der Waals surface area contributed by atoms with E-state index in [0.717, 1.165) is 32.5 Å². The Morgan fingerprint density at radius 1 is 1.32 bits per heavy atom. The highest BCUT2D eigenvalue weighted by molar-refractivity contribution is 5.52. The average molecular weight is 338 g/mol. The van der Waals surface area contributed by atoms with Crippen molar-refractivity contribution in [2.75, 3.05) is 31.6 Å². The number of aromatic amines is 1. The van der Waals surface area contributed by atoms with Gasteiger partial charge in [0.1, 0.15) is 0 Å². The fraction of sp³-hybridized carbons (Fsp3) is 0.400. The molecule has 25 heavy (non-hydrogen) atoms. The molecule has 5 nitrogen and oxygen atoms in total. The lowest BCUT2D eigenvalue weighted by molar-refractivity contribution is 0.226. The number of hydrogen-bond donors (Lipinski definition) is 1. The van der Waals surface area contributed by atoms with Gasteiger partial charge in [0, 0.05) is 45.1 Å². The third kappa shape index (κ3) is 4.57. The molecule has 1 N–H and O–H groups in total. The maximum Gasteiger partial charge on any atom is 0.290 e. The molecule has 1 saturated heterocycles. The lowest BCUT2D eigenvalue weighted by atomic mass is 10.0. The van der Waals surface area contributed by atoms with Gasteiger partial charge in [-0.3, -0.25) is 9.69 Å². The molecule has 5 heteroatoms. The van der Waals surface area contributed by atoms with Crippen molar-refractivity contribution in [3.05, 3.63) is 64.2 Å². The second-order valence-corrected chi connectivity index (χ2v) is 6.76. The summed E-state index contributed by atoms with van der Waals surface area (Å²) in [5, 5.41) is 0. The Hall–Kier alpha value is -2.40. The molecule has 0 atom stereocenters. The number of nitrogens with zero attached hydrogens (tertiary/aromatic N) is 3. The molecule has 1 aromatic carbocycles. The van der Waals surface area contributed by atoms with Gasteiger partial charge >= 0.3 is 0 Å². The Labute approximate surface area is 149 Å². The number of benzene rings is 1. The zero-order chi connectivity index (χ0) is 17.6. The first kappa shape index (κ1) is 17.4. The van der Waals surface area contributed by atoms with E-state index in [1.165, 1.54) is 11.1 Å². The van der Waals surface area contributed by atoms with Crippen LogP contribution in [0.15, 0.2) is 53.1 Å². The van der Waals surface area contributed by atoms with Gasteiger partial charge in [0.25, 0.3) is 5.56 Å². The SMILES string of the molecule is CC(=Cc1ccccc1)CN1CCC(N(C)c2ncc[nH]c2=O)CC1. The molecule has 0 spiro atoms. The van der Waals surface area contributed by atoms with Crippen LogP contribution in [0, 0.1) is 0 Å². The van der Waals surface area contributed by atoms with Gasteiger partial charge in [-0.25, -0.2) is 4.98 Å². The van der Waals surface area contributed by atoms with Gasteiger partial charge < -0.3 is 9.88 Å². The average Bonchev–Trinajstić information content (AvgIpc) is 2.63. The van der Waals surface area contributed by atoms with E-state index in [4.69, 9.17) is 0 Å². The van der Waals surface area contributed by atoms with Crippen molar-refractivity contribution in [3.63, 3.8) is 0 Å². The van der Waals surface area contributed by atoms with Crippen molar-refractivity contribution in [2.24, 2.45) is 0 Å². The van der Waals surface area contributed by atoms with Crippen LogP contribution < -0.4 is 10.5 Å². The van der Waals surface area contributed by atoms with Crippen molar-refractivity contribution in [3.8, 4) is 0 Å². The Morgan fingerprint density at radius 2 is 2.04 bits per heavy atom. The molecule has 3 rings (SSSR count). The maximum absolute atomic E-state index is 11.9. The second-order valence-electron chi connectivity index (χ2n) is 6.76. The summed E-state index contributed by atoms with van der Waals surface area (Å²) in [7, 11) is 1.97. The van der Waals surface area contributed by atoms with Crippen LogP contribution in [-0.2, 0) is 0 Å². The first-order valence-electron chi connectivity index (χ1n) is 8.84. The fourth-order valence-corrected chi connectivity index (χ4v) is 3.47. The molecule has 1 aliphatic heterocycles. The molecular formula is C20H26N4O. The van der Waals surface area contributed by atoms with E-state index < -0.39 is 0 Å². The summed E-state index contributed by atoms with van der Waals surface area (Å²) < 4.78 is 0. The first-order chi connectivity index (χ1) is 12.1. The van der Waals surface area contributed by atoms with Crippen LogP contribution in [-0.4, -0.2) is 47.6 Å². The van der Waals surface area contributed by atoms with E-state index in [1.54, 1.807) is 12.4 Å². The van der Waals surface area contributed by atoms with Crippen LogP contribution in [0.5, 0.6) is 0 Å². The minimum absolute atomic E-state index is 0.117. The Morgan fingerprint density at radius 3 is 2.72 bits per heavy atom. The third-order valence-corrected chi connectivity index (χ3v) is 4.81. The number of piperidine rings is 1. The summed E-state index contributed by atoms with van der Waals surface area (Å²) in [6.45, 7) is 5.27.